The summed E-state index contributed by atoms with van der Waals surface area (Å²) in [6, 6.07) is 7.12. The molecule has 0 spiro atoms. The Morgan fingerprint density at radius 3 is 2.76 bits per heavy atom. The van der Waals surface area contributed by atoms with Gasteiger partial charge in [0.25, 0.3) is 0 Å². The van der Waals surface area contributed by atoms with E-state index in [1.54, 1.807) is 7.11 Å². The largest absolute Gasteiger partial charge is 0.497 e. The third-order valence-electron chi connectivity index (χ3n) is 3.82. The first kappa shape index (κ1) is 12.4. The van der Waals surface area contributed by atoms with Gasteiger partial charge in [-0.3, -0.25) is 0 Å². The Kier molecular flexibility index (Phi) is 4.06. The zero-order chi connectivity index (χ0) is 12.3. The number of piperidine rings is 1. The van der Waals surface area contributed by atoms with Crippen LogP contribution in [0.1, 0.15) is 30.9 Å². The summed E-state index contributed by atoms with van der Waals surface area (Å²) in [5, 5.41) is 3.57. The van der Waals surface area contributed by atoms with E-state index in [-0.39, 0.29) is 0 Å². The van der Waals surface area contributed by atoms with Gasteiger partial charge in [-0.2, -0.15) is 0 Å². The monoisotopic (exact) mass is 233 g/mol. The minimum Gasteiger partial charge on any atom is -0.497 e. The van der Waals surface area contributed by atoms with Crippen molar-refractivity contribution in [2.24, 2.45) is 5.92 Å². The second-order valence-corrected chi connectivity index (χ2v) is 5.25. The number of methoxy groups -OCH3 is 1. The van der Waals surface area contributed by atoms with Crippen molar-refractivity contribution in [3.63, 3.8) is 0 Å². The topological polar surface area (TPSA) is 21.3 Å². The SMILES string of the molecule is COc1ccc(CC2CCC(C)NC2)c(C)c1. The lowest BCUT2D eigenvalue weighted by atomic mass is 9.88. The molecule has 1 fully saturated rings. The summed E-state index contributed by atoms with van der Waals surface area (Å²) in [7, 11) is 1.72. The van der Waals surface area contributed by atoms with E-state index in [9.17, 15) is 0 Å². The number of aryl methyl sites for hydroxylation is 1. The van der Waals surface area contributed by atoms with Crippen LogP contribution in [0.5, 0.6) is 5.75 Å². The molecule has 2 heteroatoms. The molecule has 0 radical (unpaired) electrons. The van der Waals surface area contributed by atoms with Crippen LogP contribution in [0, 0.1) is 12.8 Å². The third-order valence-corrected chi connectivity index (χ3v) is 3.82. The summed E-state index contributed by atoms with van der Waals surface area (Å²) in [5.41, 5.74) is 2.81. The average molecular weight is 233 g/mol. The average Bonchev–Trinajstić information content (AvgIpc) is 2.34. The lowest BCUT2D eigenvalue weighted by Crippen LogP contribution is -2.37. The van der Waals surface area contributed by atoms with Crippen LogP contribution in [0.4, 0.5) is 0 Å². The van der Waals surface area contributed by atoms with E-state index in [0.29, 0.717) is 6.04 Å². The van der Waals surface area contributed by atoms with Gasteiger partial charge in [0.15, 0.2) is 0 Å². The molecule has 1 aromatic carbocycles. The Bertz CT molecular complexity index is 367. The van der Waals surface area contributed by atoms with Crippen molar-refractivity contribution in [3.05, 3.63) is 29.3 Å². The van der Waals surface area contributed by atoms with Crippen LogP contribution in [-0.4, -0.2) is 19.7 Å². The van der Waals surface area contributed by atoms with E-state index in [1.165, 1.54) is 30.4 Å². The predicted molar refractivity (Wildman–Crippen MR) is 71.6 cm³/mol. The van der Waals surface area contributed by atoms with Gasteiger partial charge in [-0.1, -0.05) is 6.07 Å². The number of rotatable bonds is 3. The molecular weight excluding hydrogens is 210 g/mol. The quantitative estimate of drug-likeness (QED) is 0.866. The molecule has 0 saturated carbocycles. The number of hydrogen-bond donors (Lipinski definition) is 1. The highest BCUT2D eigenvalue weighted by molar-refractivity contribution is 5.35. The molecule has 2 rings (SSSR count). The summed E-state index contributed by atoms with van der Waals surface area (Å²) in [5.74, 6) is 1.75. The zero-order valence-corrected chi connectivity index (χ0v) is 11.1. The molecular formula is C15H23NO. The van der Waals surface area contributed by atoms with Gasteiger partial charge in [-0.25, -0.2) is 0 Å². The molecule has 1 saturated heterocycles. The fourth-order valence-electron chi connectivity index (χ4n) is 2.57. The van der Waals surface area contributed by atoms with Gasteiger partial charge in [-0.05, 0) is 68.8 Å². The normalized spacial score (nSPS) is 24.6. The van der Waals surface area contributed by atoms with Crippen molar-refractivity contribution >= 4 is 0 Å². The number of hydrogen-bond acceptors (Lipinski definition) is 2. The van der Waals surface area contributed by atoms with E-state index >= 15 is 0 Å². The van der Waals surface area contributed by atoms with Gasteiger partial charge < -0.3 is 10.1 Å². The lowest BCUT2D eigenvalue weighted by Gasteiger charge is -2.28. The first-order chi connectivity index (χ1) is 8.19. The maximum absolute atomic E-state index is 5.24. The molecule has 1 aliphatic heterocycles. The molecule has 2 atom stereocenters. The van der Waals surface area contributed by atoms with E-state index in [2.05, 4.69) is 37.4 Å². The lowest BCUT2D eigenvalue weighted by molar-refractivity contribution is 0.321. The van der Waals surface area contributed by atoms with Crippen molar-refractivity contribution in [2.45, 2.75) is 39.2 Å². The Balaban J connectivity index is 1.99. The Morgan fingerprint density at radius 2 is 2.18 bits per heavy atom. The molecule has 17 heavy (non-hydrogen) atoms. The van der Waals surface area contributed by atoms with Crippen molar-refractivity contribution in [1.82, 2.24) is 5.32 Å². The van der Waals surface area contributed by atoms with Gasteiger partial charge in [0.2, 0.25) is 0 Å². The van der Waals surface area contributed by atoms with Crippen molar-refractivity contribution in [1.29, 1.82) is 0 Å². The van der Waals surface area contributed by atoms with E-state index in [0.717, 1.165) is 18.2 Å². The van der Waals surface area contributed by atoms with Crippen LogP contribution in [0.2, 0.25) is 0 Å². The number of benzene rings is 1. The van der Waals surface area contributed by atoms with Crippen LogP contribution < -0.4 is 10.1 Å². The van der Waals surface area contributed by atoms with Gasteiger partial charge in [0.1, 0.15) is 5.75 Å². The van der Waals surface area contributed by atoms with Crippen LogP contribution in [-0.2, 0) is 6.42 Å². The highest BCUT2D eigenvalue weighted by Crippen LogP contribution is 2.23. The third kappa shape index (κ3) is 3.22. The molecule has 94 valence electrons. The Labute approximate surface area is 104 Å². The molecule has 0 aromatic heterocycles. The molecule has 2 unspecified atom stereocenters. The highest BCUT2D eigenvalue weighted by atomic mass is 16.5. The van der Waals surface area contributed by atoms with Gasteiger partial charge in [-0.15, -0.1) is 0 Å². The molecule has 0 amide bonds. The molecule has 1 heterocycles. The maximum atomic E-state index is 5.24. The van der Waals surface area contributed by atoms with E-state index in [4.69, 9.17) is 4.74 Å². The van der Waals surface area contributed by atoms with Crippen LogP contribution in [0.25, 0.3) is 0 Å². The van der Waals surface area contributed by atoms with Crippen molar-refractivity contribution in [3.8, 4) is 5.75 Å². The van der Waals surface area contributed by atoms with Gasteiger partial charge in [0.05, 0.1) is 7.11 Å². The Hall–Kier alpha value is -1.02. The molecule has 1 aliphatic rings. The van der Waals surface area contributed by atoms with Gasteiger partial charge >= 0.3 is 0 Å². The van der Waals surface area contributed by atoms with Gasteiger partial charge in [0, 0.05) is 6.04 Å². The maximum Gasteiger partial charge on any atom is 0.119 e. The second-order valence-electron chi connectivity index (χ2n) is 5.25. The Morgan fingerprint density at radius 1 is 1.35 bits per heavy atom. The fourth-order valence-corrected chi connectivity index (χ4v) is 2.57. The fraction of sp³-hybridized carbons (Fsp3) is 0.600. The van der Waals surface area contributed by atoms with E-state index < -0.39 is 0 Å². The number of ether oxygens (including phenoxy) is 1. The minimum absolute atomic E-state index is 0.697. The minimum atomic E-state index is 0.697. The molecule has 1 N–H and O–H groups in total. The standard InChI is InChI=1S/C15H23NO/c1-11-8-15(17-3)7-6-14(11)9-13-5-4-12(2)16-10-13/h6-8,12-13,16H,4-5,9-10H2,1-3H3. The summed E-state index contributed by atoms with van der Waals surface area (Å²) in [4.78, 5) is 0. The zero-order valence-electron chi connectivity index (χ0n) is 11.1. The highest BCUT2D eigenvalue weighted by Gasteiger charge is 2.18. The first-order valence-corrected chi connectivity index (χ1v) is 6.56. The summed E-state index contributed by atoms with van der Waals surface area (Å²) >= 11 is 0. The molecule has 0 bridgehead atoms. The van der Waals surface area contributed by atoms with Crippen molar-refractivity contribution < 1.29 is 4.74 Å². The summed E-state index contributed by atoms with van der Waals surface area (Å²) in [6.07, 6.45) is 3.84. The summed E-state index contributed by atoms with van der Waals surface area (Å²) < 4.78 is 5.24. The summed E-state index contributed by atoms with van der Waals surface area (Å²) in [6.45, 7) is 5.61. The second kappa shape index (κ2) is 5.54. The van der Waals surface area contributed by atoms with Crippen LogP contribution in [0.15, 0.2) is 18.2 Å². The molecule has 0 aliphatic carbocycles. The molecule has 1 aromatic rings. The first-order valence-electron chi connectivity index (χ1n) is 6.56. The van der Waals surface area contributed by atoms with Crippen LogP contribution in [0.3, 0.4) is 0 Å². The van der Waals surface area contributed by atoms with Crippen LogP contribution >= 0.6 is 0 Å². The number of nitrogens with one attached hydrogen (secondary N) is 1. The van der Waals surface area contributed by atoms with E-state index in [1.807, 2.05) is 0 Å². The molecule has 2 nitrogen and oxygen atoms in total. The predicted octanol–water partition coefficient (Wildman–Crippen LogP) is 2.93. The van der Waals surface area contributed by atoms with Crippen molar-refractivity contribution in [2.75, 3.05) is 13.7 Å². The smallest absolute Gasteiger partial charge is 0.119 e.